The zero-order valence-corrected chi connectivity index (χ0v) is 12.2. The lowest BCUT2D eigenvalue weighted by molar-refractivity contribution is 0.0971. The maximum Gasteiger partial charge on any atom is 0.168 e. The molecule has 0 amide bonds. The van der Waals surface area contributed by atoms with E-state index in [0.717, 1.165) is 17.5 Å². The van der Waals surface area contributed by atoms with Gasteiger partial charge in [-0.15, -0.1) is 0 Å². The van der Waals surface area contributed by atoms with E-state index in [1.165, 1.54) is 12.1 Å². The molecule has 2 aromatic rings. The molecule has 0 unspecified atom stereocenters. The van der Waals surface area contributed by atoms with Crippen LogP contribution in [0.1, 0.15) is 42.1 Å². The highest BCUT2D eigenvalue weighted by molar-refractivity contribution is 5.97. The van der Waals surface area contributed by atoms with Crippen molar-refractivity contribution in [1.82, 2.24) is 0 Å². The summed E-state index contributed by atoms with van der Waals surface area (Å²) in [7, 11) is 0. The molecule has 21 heavy (non-hydrogen) atoms. The number of benzene rings is 2. The molecule has 0 saturated heterocycles. The predicted molar refractivity (Wildman–Crippen MR) is 80.4 cm³/mol. The average Bonchev–Trinajstić information content (AvgIpc) is 2.45. The van der Waals surface area contributed by atoms with Gasteiger partial charge >= 0.3 is 0 Å². The average molecular weight is 288 g/mol. The van der Waals surface area contributed by atoms with Crippen molar-refractivity contribution >= 4 is 5.78 Å². The maximum absolute atomic E-state index is 14.1. The Labute approximate surface area is 123 Å². The van der Waals surface area contributed by atoms with Crippen molar-refractivity contribution in [2.24, 2.45) is 0 Å². The first-order valence-corrected chi connectivity index (χ1v) is 7.12. The van der Waals surface area contributed by atoms with E-state index in [9.17, 15) is 13.6 Å². The molecule has 0 saturated carbocycles. The largest absolute Gasteiger partial charge is 0.294 e. The van der Waals surface area contributed by atoms with Crippen LogP contribution in [0.5, 0.6) is 0 Å². The summed E-state index contributed by atoms with van der Waals surface area (Å²) in [5, 5.41) is 0. The normalized spacial score (nSPS) is 10.7. The summed E-state index contributed by atoms with van der Waals surface area (Å²) in [5.41, 5.74) is 1.83. The third-order valence-electron chi connectivity index (χ3n) is 3.46. The number of carbonyl (C=O) groups excluding carboxylic acids is 1. The summed E-state index contributed by atoms with van der Waals surface area (Å²) in [6, 6.07) is 9.83. The number of rotatable bonds is 5. The van der Waals surface area contributed by atoms with E-state index in [2.05, 4.69) is 0 Å². The standard InChI is InChI=1S/C18H18F2O/c1-3-4-5-17(21)18-15(19)10-14(11-16(18)20)13-8-6-12(2)7-9-13/h6-11H,3-5H2,1-2H3. The summed E-state index contributed by atoms with van der Waals surface area (Å²) in [6.07, 6.45) is 1.63. The van der Waals surface area contributed by atoms with Gasteiger partial charge in [0.15, 0.2) is 5.78 Å². The molecule has 2 rings (SSSR count). The van der Waals surface area contributed by atoms with Gasteiger partial charge in [0.1, 0.15) is 11.6 Å². The molecule has 0 aromatic heterocycles. The van der Waals surface area contributed by atoms with Crippen LogP contribution in [-0.4, -0.2) is 5.78 Å². The Morgan fingerprint density at radius 2 is 1.57 bits per heavy atom. The molecule has 0 aliphatic carbocycles. The van der Waals surface area contributed by atoms with Gasteiger partial charge in [0.2, 0.25) is 0 Å². The number of Topliss-reactive ketones (excluding diaryl/α,β-unsaturated/α-hetero) is 1. The van der Waals surface area contributed by atoms with E-state index < -0.39 is 23.0 Å². The van der Waals surface area contributed by atoms with Crippen LogP contribution in [0.2, 0.25) is 0 Å². The van der Waals surface area contributed by atoms with Crippen molar-refractivity contribution < 1.29 is 13.6 Å². The van der Waals surface area contributed by atoms with Crippen molar-refractivity contribution in [2.75, 3.05) is 0 Å². The van der Waals surface area contributed by atoms with E-state index in [4.69, 9.17) is 0 Å². The van der Waals surface area contributed by atoms with Gasteiger partial charge in [-0.1, -0.05) is 43.2 Å². The van der Waals surface area contributed by atoms with Gasteiger partial charge in [0, 0.05) is 6.42 Å². The molecule has 110 valence electrons. The Kier molecular flexibility index (Phi) is 4.84. The molecule has 0 radical (unpaired) electrons. The molecular weight excluding hydrogens is 270 g/mol. The number of unbranched alkanes of at least 4 members (excludes halogenated alkanes) is 1. The van der Waals surface area contributed by atoms with E-state index in [1.807, 2.05) is 38.1 Å². The van der Waals surface area contributed by atoms with Gasteiger partial charge < -0.3 is 0 Å². The monoisotopic (exact) mass is 288 g/mol. The number of aryl methyl sites for hydroxylation is 1. The second-order valence-corrected chi connectivity index (χ2v) is 5.21. The first kappa shape index (κ1) is 15.4. The lowest BCUT2D eigenvalue weighted by Gasteiger charge is -2.08. The Bertz CT molecular complexity index is 622. The van der Waals surface area contributed by atoms with Crippen molar-refractivity contribution in [2.45, 2.75) is 33.1 Å². The summed E-state index contributed by atoms with van der Waals surface area (Å²) >= 11 is 0. The summed E-state index contributed by atoms with van der Waals surface area (Å²) in [6.45, 7) is 3.88. The van der Waals surface area contributed by atoms with E-state index in [1.54, 1.807) is 0 Å². The van der Waals surface area contributed by atoms with Gasteiger partial charge in [0.05, 0.1) is 5.56 Å². The fourth-order valence-electron chi connectivity index (χ4n) is 2.21. The molecule has 0 atom stereocenters. The zero-order valence-electron chi connectivity index (χ0n) is 12.2. The highest BCUT2D eigenvalue weighted by atomic mass is 19.1. The summed E-state index contributed by atoms with van der Waals surface area (Å²) in [4.78, 5) is 11.9. The van der Waals surface area contributed by atoms with Crippen LogP contribution >= 0.6 is 0 Å². The molecule has 0 fully saturated rings. The van der Waals surface area contributed by atoms with Crippen LogP contribution in [-0.2, 0) is 0 Å². The topological polar surface area (TPSA) is 17.1 Å². The number of ketones is 1. The van der Waals surface area contributed by atoms with Gasteiger partial charge in [-0.2, -0.15) is 0 Å². The third kappa shape index (κ3) is 3.54. The zero-order chi connectivity index (χ0) is 15.4. The van der Waals surface area contributed by atoms with Gasteiger partial charge in [-0.05, 0) is 36.6 Å². The highest BCUT2D eigenvalue weighted by Crippen LogP contribution is 2.26. The fraction of sp³-hybridized carbons (Fsp3) is 0.278. The molecule has 0 bridgehead atoms. The third-order valence-corrected chi connectivity index (χ3v) is 3.46. The first-order chi connectivity index (χ1) is 10.0. The van der Waals surface area contributed by atoms with Gasteiger partial charge in [-0.25, -0.2) is 8.78 Å². The van der Waals surface area contributed by atoms with Crippen LogP contribution < -0.4 is 0 Å². The molecule has 0 heterocycles. The Morgan fingerprint density at radius 1 is 1.00 bits per heavy atom. The minimum absolute atomic E-state index is 0.175. The number of halogens is 2. The van der Waals surface area contributed by atoms with Crippen molar-refractivity contribution in [1.29, 1.82) is 0 Å². The highest BCUT2D eigenvalue weighted by Gasteiger charge is 2.18. The lowest BCUT2D eigenvalue weighted by Crippen LogP contribution is -2.06. The SMILES string of the molecule is CCCCC(=O)c1c(F)cc(-c2ccc(C)cc2)cc1F. The smallest absolute Gasteiger partial charge is 0.168 e. The fourth-order valence-corrected chi connectivity index (χ4v) is 2.21. The molecule has 1 nitrogen and oxygen atoms in total. The van der Waals surface area contributed by atoms with Crippen LogP contribution in [0.4, 0.5) is 8.78 Å². The van der Waals surface area contributed by atoms with Crippen LogP contribution in [0.25, 0.3) is 11.1 Å². The summed E-state index contributed by atoms with van der Waals surface area (Å²) in [5.74, 6) is -2.04. The second kappa shape index (κ2) is 6.61. The van der Waals surface area contributed by atoms with Crippen LogP contribution in [0.15, 0.2) is 36.4 Å². The Morgan fingerprint density at radius 3 is 2.10 bits per heavy atom. The molecule has 3 heteroatoms. The maximum atomic E-state index is 14.1. The molecular formula is C18H18F2O. The lowest BCUT2D eigenvalue weighted by atomic mass is 9.98. The molecule has 0 aliphatic rings. The summed E-state index contributed by atoms with van der Waals surface area (Å²) < 4.78 is 28.2. The molecule has 0 N–H and O–H groups in total. The Hall–Kier alpha value is -2.03. The van der Waals surface area contributed by atoms with Crippen molar-refractivity contribution in [3.05, 3.63) is 59.2 Å². The number of hydrogen-bond acceptors (Lipinski definition) is 1. The number of carbonyl (C=O) groups is 1. The molecule has 0 spiro atoms. The van der Waals surface area contributed by atoms with Crippen LogP contribution in [0.3, 0.4) is 0 Å². The second-order valence-electron chi connectivity index (χ2n) is 5.21. The van der Waals surface area contributed by atoms with Crippen molar-refractivity contribution in [3.8, 4) is 11.1 Å². The minimum atomic E-state index is -0.785. The van der Waals surface area contributed by atoms with Gasteiger partial charge in [0.25, 0.3) is 0 Å². The van der Waals surface area contributed by atoms with E-state index in [-0.39, 0.29) is 6.42 Å². The van der Waals surface area contributed by atoms with E-state index in [0.29, 0.717) is 12.0 Å². The molecule has 0 aliphatic heterocycles. The Balaban J connectivity index is 2.37. The quantitative estimate of drug-likeness (QED) is 0.681. The van der Waals surface area contributed by atoms with Gasteiger partial charge in [-0.3, -0.25) is 4.79 Å². The van der Waals surface area contributed by atoms with Crippen LogP contribution in [0, 0.1) is 18.6 Å². The number of hydrogen-bond donors (Lipinski definition) is 0. The van der Waals surface area contributed by atoms with E-state index >= 15 is 0 Å². The predicted octanol–water partition coefficient (Wildman–Crippen LogP) is 5.31. The molecule has 2 aromatic carbocycles. The van der Waals surface area contributed by atoms with Crippen molar-refractivity contribution in [3.63, 3.8) is 0 Å². The first-order valence-electron chi connectivity index (χ1n) is 7.12. The minimum Gasteiger partial charge on any atom is -0.294 e.